The Kier molecular flexibility index (Phi) is 4.28. The summed E-state index contributed by atoms with van der Waals surface area (Å²) in [4.78, 5) is 6.62. The first kappa shape index (κ1) is 14.2. The van der Waals surface area contributed by atoms with E-state index in [-0.39, 0.29) is 12.7 Å². The number of para-hydroxylation sites is 1. The molecule has 1 aliphatic heterocycles. The molecule has 1 aliphatic rings. The van der Waals surface area contributed by atoms with Crippen molar-refractivity contribution in [2.75, 3.05) is 19.8 Å². The summed E-state index contributed by atoms with van der Waals surface area (Å²) in [6.07, 6.45) is 1.62. The van der Waals surface area contributed by atoms with Gasteiger partial charge in [0.2, 0.25) is 0 Å². The average Bonchev–Trinajstić information content (AvgIpc) is 2.99. The van der Waals surface area contributed by atoms with Crippen LogP contribution >= 0.6 is 0 Å². The number of ether oxygens (including phenoxy) is 1. The van der Waals surface area contributed by atoms with E-state index in [0.29, 0.717) is 25.7 Å². The van der Waals surface area contributed by atoms with Crippen LogP contribution in [0.15, 0.2) is 36.7 Å². The second-order valence-electron chi connectivity index (χ2n) is 5.36. The molecule has 6 heteroatoms. The Morgan fingerprint density at radius 1 is 1.33 bits per heavy atom. The zero-order valence-corrected chi connectivity index (χ0v) is 12.1. The molecule has 1 fully saturated rings. The van der Waals surface area contributed by atoms with Crippen molar-refractivity contribution >= 4 is 0 Å². The van der Waals surface area contributed by atoms with E-state index in [1.165, 1.54) is 0 Å². The van der Waals surface area contributed by atoms with Crippen molar-refractivity contribution < 1.29 is 9.84 Å². The van der Waals surface area contributed by atoms with Crippen molar-refractivity contribution in [2.45, 2.75) is 25.6 Å². The van der Waals surface area contributed by atoms with Gasteiger partial charge in [0.15, 0.2) is 5.82 Å². The summed E-state index contributed by atoms with van der Waals surface area (Å²) in [5.74, 6) is 0.782. The lowest BCUT2D eigenvalue weighted by Crippen LogP contribution is -2.49. The molecule has 6 nitrogen and oxygen atoms in total. The van der Waals surface area contributed by atoms with Crippen molar-refractivity contribution in [1.82, 2.24) is 19.7 Å². The molecular formula is C15H20N4O2. The molecule has 1 saturated heterocycles. The second kappa shape index (κ2) is 6.34. The molecule has 3 rings (SSSR count). The summed E-state index contributed by atoms with van der Waals surface area (Å²) in [5, 5.41) is 13.7. The van der Waals surface area contributed by atoms with Crippen LogP contribution < -0.4 is 0 Å². The van der Waals surface area contributed by atoms with Gasteiger partial charge in [0, 0.05) is 12.6 Å². The standard InChI is InChI=1S/C15H20N4O2/c1-12-10-21-14(9-20)7-18(12)8-15-16-11-19(17-15)13-5-3-2-4-6-13/h2-6,11-12,14,20H,7-10H2,1H3. The summed E-state index contributed by atoms with van der Waals surface area (Å²) >= 11 is 0. The third-order valence-corrected chi connectivity index (χ3v) is 3.74. The van der Waals surface area contributed by atoms with Crippen molar-refractivity contribution in [1.29, 1.82) is 0 Å². The first-order valence-electron chi connectivity index (χ1n) is 7.18. The minimum Gasteiger partial charge on any atom is -0.394 e. The molecule has 2 aromatic rings. The normalized spacial score (nSPS) is 23.3. The van der Waals surface area contributed by atoms with Crippen LogP contribution in [0, 0.1) is 0 Å². The molecule has 0 saturated carbocycles. The van der Waals surface area contributed by atoms with E-state index in [1.54, 1.807) is 11.0 Å². The maximum atomic E-state index is 9.23. The van der Waals surface area contributed by atoms with Crippen LogP contribution in [0.25, 0.3) is 5.69 Å². The molecule has 2 heterocycles. The van der Waals surface area contributed by atoms with Crippen LogP contribution in [-0.4, -0.2) is 56.7 Å². The summed E-state index contributed by atoms with van der Waals surface area (Å²) in [6.45, 7) is 4.17. The fraction of sp³-hybridized carbons (Fsp3) is 0.467. The third-order valence-electron chi connectivity index (χ3n) is 3.74. The molecule has 1 N–H and O–H groups in total. The zero-order valence-electron chi connectivity index (χ0n) is 12.1. The Hall–Kier alpha value is -1.76. The Balaban J connectivity index is 1.69. The average molecular weight is 288 g/mol. The van der Waals surface area contributed by atoms with E-state index in [9.17, 15) is 5.11 Å². The molecule has 112 valence electrons. The lowest BCUT2D eigenvalue weighted by molar-refractivity contribution is -0.0811. The third kappa shape index (κ3) is 3.29. The zero-order chi connectivity index (χ0) is 14.7. The van der Waals surface area contributed by atoms with Gasteiger partial charge in [0.1, 0.15) is 6.33 Å². The predicted molar refractivity (Wildman–Crippen MR) is 78.1 cm³/mol. The van der Waals surface area contributed by atoms with Gasteiger partial charge in [-0.05, 0) is 19.1 Å². The summed E-state index contributed by atoms with van der Waals surface area (Å²) in [7, 11) is 0. The molecule has 0 spiro atoms. The highest BCUT2D eigenvalue weighted by molar-refractivity contribution is 5.29. The van der Waals surface area contributed by atoms with Crippen molar-refractivity contribution in [2.24, 2.45) is 0 Å². The molecule has 1 aromatic heterocycles. The Morgan fingerprint density at radius 3 is 2.90 bits per heavy atom. The summed E-state index contributed by atoms with van der Waals surface area (Å²) in [5.41, 5.74) is 1.000. The van der Waals surface area contributed by atoms with Gasteiger partial charge in [-0.25, -0.2) is 9.67 Å². The van der Waals surface area contributed by atoms with Gasteiger partial charge < -0.3 is 9.84 Å². The van der Waals surface area contributed by atoms with Crippen LogP contribution in [0.2, 0.25) is 0 Å². The van der Waals surface area contributed by atoms with E-state index >= 15 is 0 Å². The first-order valence-corrected chi connectivity index (χ1v) is 7.18. The molecule has 0 bridgehead atoms. The van der Waals surface area contributed by atoms with E-state index in [4.69, 9.17) is 4.74 Å². The Bertz CT molecular complexity index is 572. The van der Waals surface area contributed by atoms with Gasteiger partial charge in [0.05, 0.1) is 31.5 Å². The number of benzene rings is 1. The van der Waals surface area contributed by atoms with Crippen LogP contribution in [0.1, 0.15) is 12.7 Å². The molecule has 0 aliphatic carbocycles. The van der Waals surface area contributed by atoms with E-state index < -0.39 is 0 Å². The summed E-state index contributed by atoms with van der Waals surface area (Å²) in [6, 6.07) is 10.2. The van der Waals surface area contributed by atoms with Gasteiger partial charge >= 0.3 is 0 Å². The molecule has 0 amide bonds. The number of morpholine rings is 1. The monoisotopic (exact) mass is 288 g/mol. The molecule has 21 heavy (non-hydrogen) atoms. The number of aromatic nitrogens is 3. The minimum atomic E-state index is -0.114. The van der Waals surface area contributed by atoms with Gasteiger partial charge in [-0.2, -0.15) is 0 Å². The number of hydrogen-bond donors (Lipinski definition) is 1. The van der Waals surface area contributed by atoms with Crippen molar-refractivity contribution in [3.63, 3.8) is 0 Å². The van der Waals surface area contributed by atoms with Crippen LogP contribution in [0.5, 0.6) is 0 Å². The molecule has 1 aromatic carbocycles. The number of hydrogen-bond acceptors (Lipinski definition) is 5. The van der Waals surface area contributed by atoms with Crippen LogP contribution in [-0.2, 0) is 11.3 Å². The predicted octanol–water partition coefficient (Wildman–Crippen LogP) is 0.849. The number of aliphatic hydroxyl groups is 1. The SMILES string of the molecule is CC1COC(CO)CN1Cc1ncn(-c2ccccc2)n1. The van der Waals surface area contributed by atoms with E-state index in [0.717, 1.165) is 11.5 Å². The van der Waals surface area contributed by atoms with Crippen LogP contribution in [0.4, 0.5) is 0 Å². The lowest BCUT2D eigenvalue weighted by atomic mass is 10.2. The Morgan fingerprint density at radius 2 is 2.14 bits per heavy atom. The fourth-order valence-corrected chi connectivity index (χ4v) is 2.46. The molecular weight excluding hydrogens is 268 g/mol. The van der Waals surface area contributed by atoms with Crippen molar-refractivity contribution in [3.8, 4) is 5.69 Å². The molecule has 0 radical (unpaired) electrons. The smallest absolute Gasteiger partial charge is 0.165 e. The number of rotatable bonds is 4. The van der Waals surface area contributed by atoms with Crippen molar-refractivity contribution in [3.05, 3.63) is 42.5 Å². The highest BCUT2D eigenvalue weighted by Crippen LogP contribution is 2.14. The van der Waals surface area contributed by atoms with Gasteiger partial charge in [0.25, 0.3) is 0 Å². The quantitative estimate of drug-likeness (QED) is 0.903. The highest BCUT2D eigenvalue weighted by Gasteiger charge is 2.26. The highest BCUT2D eigenvalue weighted by atomic mass is 16.5. The number of aliphatic hydroxyl groups excluding tert-OH is 1. The van der Waals surface area contributed by atoms with Gasteiger partial charge in [-0.1, -0.05) is 18.2 Å². The molecule has 2 atom stereocenters. The second-order valence-corrected chi connectivity index (χ2v) is 5.36. The lowest BCUT2D eigenvalue weighted by Gasteiger charge is -2.36. The maximum Gasteiger partial charge on any atom is 0.165 e. The van der Waals surface area contributed by atoms with E-state index in [2.05, 4.69) is 21.9 Å². The maximum absolute atomic E-state index is 9.23. The summed E-state index contributed by atoms with van der Waals surface area (Å²) < 4.78 is 7.33. The number of nitrogens with zero attached hydrogens (tertiary/aromatic N) is 4. The largest absolute Gasteiger partial charge is 0.394 e. The Labute approximate surface area is 124 Å². The topological polar surface area (TPSA) is 63.4 Å². The first-order chi connectivity index (χ1) is 10.3. The van der Waals surface area contributed by atoms with Crippen LogP contribution in [0.3, 0.4) is 0 Å². The fourth-order valence-electron chi connectivity index (χ4n) is 2.46. The van der Waals surface area contributed by atoms with Gasteiger partial charge in [-0.15, -0.1) is 5.10 Å². The minimum absolute atomic E-state index is 0.0507. The van der Waals surface area contributed by atoms with Gasteiger partial charge in [-0.3, -0.25) is 4.90 Å². The van der Waals surface area contributed by atoms with E-state index in [1.807, 2.05) is 30.3 Å². The molecule has 2 unspecified atom stereocenters.